The first-order chi connectivity index (χ1) is 9.39. The van der Waals surface area contributed by atoms with Gasteiger partial charge >= 0.3 is 0 Å². The van der Waals surface area contributed by atoms with Crippen molar-refractivity contribution in [3.8, 4) is 5.75 Å². The van der Waals surface area contributed by atoms with Crippen LogP contribution < -0.4 is 10.2 Å². The molecule has 0 aromatic heterocycles. The summed E-state index contributed by atoms with van der Waals surface area (Å²) in [5.41, 5.74) is 2.56. The summed E-state index contributed by atoms with van der Waals surface area (Å²) in [7, 11) is 1.61. The lowest BCUT2D eigenvalue weighted by molar-refractivity contribution is -0.153. The standard InChI is InChI=1S/C15H23NO4/c1-11(12-7-5-6-8-13(12)19-4)9-14(18)16-20-15(2,3)10-17/h5-8,11,17H,9-10H2,1-4H3,(H,16,18)/t11-/m1/s1. The number of hydroxylamine groups is 1. The number of aliphatic hydroxyl groups excluding tert-OH is 1. The molecule has 5 nitrogen and oxygen atoms in total. The van der Waals surface area contributed by atoms with Gasteiger partial charge in [0.15, 0.2) is 0 Å². The van der Waals surface area contributed by atoms with E-state index in [9.17, 15) is 4.79 Å². The molecule has 0 spiro atoms. The highest BCUT2D eigenvalue weighted by atomic mass is 16.7. The molecule has 0 saturated carbocycles. The van der Waals surface area contributed by atoms with Crippen LogP contribution in [0, 0.1) is 0 Å². The van der Waals surface area contributed by atoms with Crippen molar-refractivity contribution in [3.63, 3.8) is 0 Å². The van der Waals surface area contributed by atoms with Crippen molar-refractivity contribution < 1.29 is 19.5 Å². The maximum Gasteiger partial charge on any atom is 0.244 e. The minimum Gasteiger partial charge on any atom is -0.496 e. The smallest absolute Gasteiger partial charge is 0.244 e. The number of benzene rings is 1. The molecule has 1 rings (SSSR count). The largest absolute Gasteiger partial charge is 0.496 e. The summed E-state index contributed by atoms with van der Waals surface area (Å²) in [5, 5.41) is 9.04. The predicted molar refractivity (Wildman–Crippen MR) is 76.4 cm³/mol. The molecule has 0 aliphatic rings. The molecule has 1 amide bonds. The summed E-state index contributed by atoms with van der Waals surface area (Å²) in [6.45, 7) is 5.16. The fraction of sp³-hybridized carbons (Fsp3) is 0.533. The Balaban J connectivity index is 2.57. The van der Waals surface area contributed by atoms with Gasteiger partial charge in [-0.3, -0.25) is 9.63 Å². The van der Waals surface area contributed by atoms with Crippen molar-refractivity contribution in [1.29, 1.82) is 0 Å². The Bertz CT molecular complexity index is 445. The van der Waals surface area contributed by atoms with Gasteiger partial charge in [-0.25, -0.2) is 5.48 Å². The lowest BCUT2D eigenvalue weighted by Crippen LogP contribution is -2.38. The highest BCUT2D eigenvalue weighted by Gasteiger charge is 2.20. The SMILES string of the molecule is COc1ccccc1[C@H](C)CC(=O)NOC(C)(C)CO. The first-order valence-electron chi connectivity index (χ1n) is 6.60. The number of methoxy groups -OCH3 is 1. The molecule has 0 unspecified atom stereocenters. The second-order valence-electron chi connectivity index (χ2n) is 5.39. The van der Waals surface area contributed by atoms with Gasteiger partial charge in [-0.05, 0) is 31.4 Å². The number of hydrogen-bond acceptors (Lipinski definition) is 4. The Hall–Kier alpha value is -1.59. The molecule has 1 atom stereocenters. The van der Waals surface area contributed by atoms with E-state index in [0.29, 0.717) is 0 Å². The molecule has 0 saturated heterocycles. The van der Waals surface area contributed by atoms with Crippen LogP contribution in [0.3, 0.4) is 0 Å². The zero-order valence-electron chi connectivity index (χ0n) is 12.5. The van der Waals surface area contributed by atoms with E-state index in [1.165, 1.54) is 0 Å². The van der Waals surface area contributed by atoms with Gasteiger partial charge in [-0.2, -0.15) is 0 Å². The number of carbonyl (C=O) groups is 1. The first kappa shape index (κ1) is 16.5. The van der Waals surface area contributed by atoms with Gasteiger partial charge < -0.3 is 9.84 Å². The number of aliphatic hydroxyl groups is 1. The minimum atomic E-state index is -0.788. The maximum atomic E-state index is 11.8. The Labute approximate surface area is 119 Å². The van der Waals surface area contributed by atoms with Crippen LogP contribution in [-0.4, -0.2) is 30.3 Å². The van der Waals surface area contributed by atoms with Crippen LogP contribution in [0.25, 0.3) is 0 Å². The van der Waals surface area contributed by atoms with Crippen molar-refractivity contribution in [3.05, 3.63) is 29.8 Å². The summed E-state index contributed by atoms with van der Waals surface area (Å²) in [6, 6.07) is 7.62. The van der Waals surface area contributed by atoms with E-state index in [2.05, 4.69) is 5.48 Å². The molecular formula is C15H23NO4. The number of rotatable bonds is 7. The number of para-hydroxylation sites is 1. The van der Waals surface area contributed by atoms with Crippen molar-refractivity contribution in [2.24, 2.45) is 0 Å². The van der Waals surface area contributed by atoms with Gasteiger partial charge in [0.2, 0.25) is 5.91 Å². The number of ether oxygens (including phenoxy) is 1. The van der Waals surface area contributed by atoms with Crippen molar-refractivity contribution in [2.75, 3.05) is 13.7 Å². The summed E-state index contributed by atoms with van der Waals surface area (Å²) in [6.07, 6.45) is 0.280. The molecule has 20 heavy (non-hydrogen) atoms. The Kier molecular flexibility index (Phi) is 5.98. The number of carbonyl (C=O) groups excluding carboxylic acids is 1. The zero-order chi connectivity index (χ0) is 15.2. The van der Waals surface area contributed by atoms with Crippen molar-refractivity contribution >= 4 is 5.91 Å². The lowest BCUT2D eigenvalue weighted by atomic mass is 9.96. The van der Waals surface area contributed by atoms with E-state index >= 15 is 0 Å². The number of amides is 1. The Morgan fingerprint density at radius 2 is 2.05 bits per heavy atom. The van der Waals surface area contributed by atoms with Gasteiger partial charge in [-0.15, -0.1) is 0 Å². The van der Waals surface area contributed by atoms with E-state index in [-0.39, 0.29) is 24.9 Å². The highest BCUT2D eigenvalue weighted by molar-refractivity contribution is 5.75. The minimum absolute atomic E-state index is 0.00647. The molecular weight excluding hydrogens is 258 g/mol. The third-order valence-corrected chi connectivity index (χ3v) is 2.98. The fourth-order valence-electron chi connectivity index (χ4n) is 1.73. The van der Waals surface area contributed by atoms with Crippen LogP contribution in [0.5, 0.6) is 5.75 Å². The van der Waals surface area contributed by atoms with Crippen LogP contribution in [0.1, 0.15) is 38.7 Å². The van der Waals surface area contributed by atoms with Crippen LogP contribution in [0.2, 0.25) is 0 Å². The monoisotopic (exact) mass is 281 g/mol. The topological polar surface area (TPSA) is 67.8 Å². The molecule has 1 aromatic carbocycles. The van der Waals surface area contributed by atoms with Crippen LogP contribution in [0.4, 0.5) is 0 Å². The van der Waals surface area contributed by atoms with Gasteiger partial charge in [0, 0.05) is 6.42 Å². The molecule has 0 radical (unpaired) electrons. The third kappa shape index (κ3) is 4.83. The fourth-order valence-corrected chi connectivity index (χ4v) is 1.73. The van der Waals surface area contributed by atoms with Crippen LogP contribution in [-0.2, 0) is 9.63 Å². The Morgan fingerprint density at radius 1 is 1.40 bits per heavy atom. The second-order valence-corrected chi connectivity index (χ2v) is 5.39. The summed E-state index contributed by atoms with van der Waals surface area (Å²) >= 11 is 0. The molecule has 0 fully saturated rings. The summed E-state index contributed by atoms with van der Waals surface area (Å²) in [5.74, 6) is 0.543. The molecule has 0 aliphatic carbocycles. The van der Waals surface area contributed by atoms with Gasteiger partial charge in [-0.1, -0.05) is 25.1 Å². The molecule has 2 N–H and O–H groups in total. The van der Waals surface area contributed by atoms with Crippen LogP contribution >= 0.6 is 0 Å². The van der Waals surface area contributed by atoms with Crippen molar-refractivity contribution in [1.82, 2.24) is 5.48 Å². The molecule has 112 valence electrons. The van der Waals surface area contributed by atoms with E-state index in [4.69, 9.17) is 14.7 Å². The number of nitrogens with one attached hydrogen (secondary N) is 1. The summed E-state index contributed by atoms with van der Waals surface area (Å²) < 4.78 is 5.28. The molecule has 0 bridgehead atoms. The van der Waals surface area contributed by atoms with Gasteiger partial charge in [0.05, 0.1) is 13.7 Å². The average molecular weight is 281 g/mol. The Morgan fingerprint density at radius 3 is 2.65 bits per heavy atom. The van der Waals surface area contributed by atoms with E-state index < -0.39 is 5.60 Å². The van der Waals surface area contributed by atoms with E-state index in [1.807, 2.05) is 31.2 Å². The van der Waals surface area contributed by atoms with Crippen molar-refractivity contribution in [2.45, 2.75) is 38.7 Å². The predicted octanol–water partition coefficient (Wildman–Crippen LogP) is 2.01. The molecule has 0 heterocycles. The first-order valence-corrected chi connectivity index (χ1v) is 6.60. The second kappa shape index (κ2) is 7.26. The zero-order valence-corrected chi connectivity index (χ0v) is 12.5. The van der Waals surface area contributed by atoms with E-state index in [0.717, 1.165) is 11.3 Å². The molecule has 0 aliphatic heterocycles. The normalized spacial score (nSPS) is 12.8. The lowest BCUT2D eigenvalue weighted by Gasteiger charge is -2.22. The van der Waals surface area contributed by atoms with Gasteiger partial charge in [0.25, 0.3) is 0 Å². The number of hydrogen-bond donors (Lipinski definition) is 2. The maximum absolute atomic E-state index is 11.8. The van der Waals surface area contributed by atoms with E-state index in [1.54, 1.807) is 21.0 Å². The summed E-state index contributed by atoms with van der Waals surface area (Å²) in [4.78, 5) is 17.0. The van der Waals surface area contributed by atoms with Crippen LogP contribution in [0.15, 0.2) is 24.3 Å². The third-order valence-electron chi connectivity index (χ3n) is 2.98. The quantitative estimate of drug-likeness (QED) is 0.750. The van der Waals surface area contributed by atoms with Gasteiger partial charge in [0.1, 0.15) is 11.4 Å². The average Bonchev–Trinajstić information content (AvgIpc) is 2.45. The highest BCUT2D eigenvalue weighted by Crippen LogP contribution is 2.28. The molecule has 5 heteroatoms. The molecule has 1 aromatic rings.